The number of anilines is 1. The molecule has 1 aliphatic heterocycles. The normalized spacial score (nSPS) is 14.9. The smallest absolute Gasteiger partial charge is 0.257 e. The van der Waals surface area contributed by atoms with Crippen molar-refractivity contribution >= 4 is 11.6 Å². The molecular weight excluding hydrogens is 288 g/mol. The van der Waals surface area contributed by atoms with Gasteiger partial charge in [-0.2, -0.15) is 0 Å². The van der Waals surface area contributed by atoms with E-state index in [1.165, 1.54) is 0 Å². The van der Waals surface area contributed by atoms with Crippen LogP contribution < -0.4 is 5.32 Å². The van der Waals surface area contributed by atoms with Gasteiger partial charge in [-0.3, -0.25) is 4.79 Å². The van der Waals surface area contributed by atoms with Crippen molar-refractivity contribution in [2.45, 2.75) is 25.8 Å². The van der Waals surface area contributed by atoms with E-state index in [0.29, 0.717) is 5.56 Å². The number of rotatable bonds is 2. The molecule has 0 fully saturated rings. The van der Waals surface area contributed by atoms with Gasteiger partial charge in [0, 0.05) is 41.9 Å². The predicted molar refractivity (Wildman–Crippen MR) is 89.4 cm³/mol. The fourth-order valence-corrected chi connectivity index (χ4v) is 3.25. The van der Waals surface area contributed by atoms with E-state index in [4.69, 9.17) is 0 Å². The molecule has 0 spiro atoms. The number of benzene rings is 1. The molecule has 0 aliphatic carbocycles. The Morgan fingerprint density at radius 3 is 2.87 bits per heavy atom. The molecule has 0 radical (unpaired) electrons. The quantitative estimate of drug-likeness (QED) is 0.762. The Labute approximate surface area is 134 Å². The lowest BCUT2D eigenvalue weighted by Gasteiger charge is -2.32. The van der Waals surface area contributed by atoms with E-state index in [9.17, 15) is 4.79 Å². The summed E-state index contributed by atoms with van der Waals surface area (Å²) in [7, 11) is 0. The van der Waals surface area contributed by atoms with Gasteiger partial charge in [0.15, 0.2) is 0 Å². The van der Waals surface area contributed by atoms with E-state index in [0.717, 1.165) is 29.2 Å². The highest BCUT2D eigenvalue weighted by Crippen LogP contribution is 2.38. The number of aromatic amines is 1. The first-order valence-electron chi connectivity index (χ1n) is 7.67. The van der Waals surface area contributed by atoms with Gasteiger partial charge in [-0.1, -0.05) is 18.2 Å². The summed E-state index contributed by atoms with van der Waals surface area (Å²) in [6.07, 6.45) is 6.38. The molecule has 0 saturated carbocycles. The minimum atomic E-state index is -0.122. The Balaban J connectivity index is 1.75. The van der Waals surface area contributed by atoms with E-state index in [-0.39, 0.29) is 11.4 Å². The van der Waals surface area contributed by atoms with Crippen LogP contribution in [0.4, 0.5) is 5.69 Å². The summed E-state index contributed by atoms with van der Waals surface area (Å²) in [6.45, 7) is 4.34. The fourth-order valence-electron chi connectivity index (χ4n) is 3.25. The number of carbonyl (C=O) groups is 1. The molecular formula is C18H18N4O. The first-order valence-corrected chi connectivity index (χ1v) is 7.67. The van der Waals surface area contributed by atoms with Crippen molar-refractivity contribution in [1.29, 1.82) is 0 Å². The average molecular weight is 306 g/mol. The Morgan fingerprint density at radius 1 is 1.30 bits per heavy atom. The molecule has 0 atom stereocenters. The lowest BCUT2D eigenvalue weighted by molar-refractivity contribution is 0.102. The maximum Gasteiger partial charge on any atom is 0.257 e. The molecule has 3 aromatic rings. The van der Waals surface area contributed by atoms with Crippen molar-refractivity contribution in [3.63, 3.8) is 0 Å². The first-order chi connectivity index (χ1) is 11.1. The number of nitrogens with zero attached hydrogens (tertiary/aromatic N) is 2. The molecule has 5 heteroatoms. The van der Waals surface area contributed by atoms with E-state index in [1.807, 2.05) is 36.5 Å². The largest absolute Gasteiger partial charge is 0.364 e. The SMILES string of the molecule is CC1(C)Cc2[nH]cc(C(=O)Nc3ccccc3)c2-c2nccn21. The molecule has 0 unspecified atom stereocenters. The van der Waals surface area contributed by atoms with Crippen molar-refractivity contribution in [1.82, 2.24) is 14.5 Å². The number of hydrogen-bond donors (Lipinski definition) is 2. The Morgan fingerprint density at radius 2 is 2.09 bits per heavy atom. The van der Waals surface area contributed by atoms with Crippen LogP contribution in [0.3, 0.4) is 0 Å². The van der Waals surface area contributed by atoms with Crippen LogP contribution in [0.2, 0.25) is 0 Å². The van der Waals surface area contributed by atoms with Gasteiger partial charge in [-0.15, -0.1) is 0 Å². The van der Waals surface area contributed by atoms with Gasteiger partial charge in [-0.05, 0) is 26.0 Å². The third-order valence-corrected chi connectivity index (χ3v) is 4.36. The average Bonchev–Trinajstić information content (AvgIpc) is 3.14. The third kappa shape index (κ3) is 2.16. The van der Waals surface area contributed by atoms with Crippen LogP contribution >= 0.6 is 0 Å². The molecule has 1 aliphatic rings. The van der Waals surface area contributed by atoms with E-state index in [1.54, 1.807) is 12.4 Å². The molecule has 3 heterocycles. The van der Waals surface area contributed by atoms with Crippen LogP contribution in [-0.4, -0.2) is 20.4 Å². The summed E-state index contributed by atoms with van der Waals surface area (Å²) in [5.74, 6) is 0.721. The highest BCUT2D eigenvalue weighted by molar-refractivity contribution is 6.08. The van der Waals surface area contributed by atoms with Crippen LogP contribution in [0.15, 0.2) is 48.9 Å². The zero-order chi connectivity index (χ0) is 16.0. The molecule has 0 saturated heterocycles. The van der Waals surface area contributed by atoms with Crippen LogP contribution in [0.25, 0.3) is 11.4 Å². The van der Waals surface area contributed by atoms with Gasteiger partial charge < -0.3 is 14.9 Å². The Hall–Kier alpha value is -2.82. The number of aromatic nitrogens is 3. The van der Waals surface area contributed by atoms with Crippen molar-refractivity contribution in [2.24, 2.45) is 0 Å². The molecule has 23 heavy (non-hydrogen) atoms. The second-order valence-electron chi connectivity index (χ2n) is 6.49. The summed E-state index contributed by atoms with van der Waals surface area (Å²) >= 11 is 0. The number of H-pyrrole nitrogens is 1. The zero-order valence-electron chi connectivity index (χ0n) is 13.1. The Bertz CT molecular complexity index is 874. The molecule has 2 aromatic heterocycles. The fraction of sp³-hybridized carbons (Fsp3) is 0.222. The van der Waals surface area contributed by atoms with E-state index < -0.39 is 0 Å². The second-order valence-corrected chi connectivity index (χ2v) is 6.49. The molecule has 0 bridgehead atoms. The van der Waals surface area contributed by atoms with Gasteiger partial charge in [0.05, 0.1) is 11.1 Å². The standard InChI is InChI=1S/C18H18N4O/c1-18(2)10-14-15(16-19-8-9-22(16)18)13(11-20-14)17(23)21-12-6-4-3-5-7-12/h3-9,11,20H,10H2,1-2H3,(H,21,23). The molecule has 5 nitrogen and oxygen atoms in total. The van der Waals surface area contributed by atoms with Gasteiger partial charge in [0.2, 0.25) is 0 Å². The van der Waals surface area contributed by atoms with E-state index in [2.05, 4.69) is 33.7 Å². The lowest BCUT2D eigenvalue weighted by atomic mass is 9.90. The maximum atomic E-state index is 12.7. The summed E-state index contributed by atoms with van der Waals surface area (Å²) in [4.78, 5) is 20.4. The number of amides is 1. The summed E-state index contributed by atoms with van der Waals surface area (Å²) < 4.78 is 2.14. The Kier molecular flexibility index (Phi) is 2.91. The third-order valence-electron chi connectivity index (χ3n) is 4.36. The summed E-state index contributed by atoms with van der Waals surface area (Å²) in [5, 5.41) is 2.94. The van der Waals surface area contributed by atoms with Gasteiger partial charge >= 0.3 is 0 Å². The maximum absolute atomic E-state index is 12.7. The monoisotopic (exact) mass is 306 g/mol. The van der Waals surface area contributed by atoms with Gasteiger partial charge in [0.25, 0.3) is 5.91 Å². The minimum absolute atomic E-state index is 0.0587. The van der Waals surface area contributed by atoms with Crippen molar-refractivity contribution < 1.29 is 4.79 Å². The van der Waals surface area contributed by atoms with Crippen LogP contribution in [0.5, 0.6) is 0 Å². The van der Waals surface area contributed by atoms with Crippen molar-refractivity contribution in [2.75, 3.05) is 5.32 Å². The van der Waals surface area contributed by atoms with Gasteiger partial charge in [0.1, 0.15) is 5.82 Å². The highest BCUT2D eigenvalue weighted by atomic mass is 16.1. The second kappa shape index (κ2) is 4.84. The summed E-state index contributed by atoms with van der Waals surface area (Å²) in [6, 6.07) is 9.48. The topological polar surface area (TPSA) is 62.7 Å². The molecule has 116 valence electrons. The number of para-hydroxylation sites is 1. The predicted octanol–water partition coefficient (Wildman–Crippen LogP) is 3.42. The highest BCUT2D eigenvalue weighted by Gasteiger charge is 2.34. The summed E-state index contributed by atoms with van der Waals surface area (Å²) in [5.41, 5.74) is 3.32. The zero-order valence-corrected chi connectivity index (χ0v) is 13.1. The molecule has 1 aromatic carbocycles. The first kappa shape index (κ1) is 13.8. The van der Waals surface area contributed by atoms with Crippen molar-refractivity contribution in [3.8, 4) is 11.4 Å². The van der Waals surface area contributed by atoms with Crippen LogP contribution in [0.1, 0.15) is 29.9 Å². The molecule has 1 amide bonds. The van der Waals surface area contributed by atoms with Crippen LogP contribution in [0, 0.1) is 0 Å². The minimum Gasteiger partial charge on any atom is -0.364 e. The molecule has 4 rings (SSSR count). The van der Waals surface area contributed by atoms with Crippen molar-refractivity contribution in [3.05, 3.63) is 60.2 Å². The van der Waals surface area contributed by atoms with Crippen LogP contribution in [-0.2, 0) is 12.0 Å². The number of carbonyl (C=O) groups excluding carboxylic acids is 1. The molecule has 2 N–H and O–H groups in total. The number of fused-ring (bicyclic) bond motifs is 3. The van der Waals surface area contributed by atoms with Gasteiger partial charge in [-0.25, -0.2) is 4.98 Å². The lowest BCUT2D eigenvalue weighted by Crippen LogP contribution is -2.33. The number of imidazole rings is 1. The number of nitrogens with one attached hydrogen (secondary N) is 2. The number of hydrogen-bond acceptors (Lipinski definition) is 2. The van der Waals surface area contributed by atoms with E-state index >= 15 is 0 Å².